The third kappa shape index (κ3) is 20.2. The van der Waals surface area contributed by atoms with Crippen molar-refractivity contribution in [2.24, 2.45) is 5.92 Å². The van der Waals surface area contributed by atoms with Gasteiger partial charge in [0.2, 0.25) is 11.8 Å². The molecule has 0 aromatic heterocycles. The smallest absolute Gasteiger partial charge is 0.246 e. The molecular weight excluding hydrogens is 392 g/mol. The predicted octanol–water partition coefficient (Wildman–Crippen LogP) is 2.97. The average molecular weight is 435 g/mol. The van der Waals surface area contributed by atoms with Gasteiger partial charge >= 0.3 is 0 Å². The van der Waals surface area contributed by atoms with E-state index < -0.39 is 0 Å². The Bertz CT molecular complexity index is 411. The first-order chi connectivity index (χ1) is 14.0. The summed E-state index contributed by atoms with van der Waals surface area (Å²) in [5.74, 6) is 0.117. The Hall–Kier alpha value is -0.830. The quantitative estimate of drug-likeness (QED) is 0.226. The van der Waals surface area contributed by atoms with Crippen LogP contribution in [0.4, 0.5) is 0 Å². The zero-order chi connectivity index (χ0) is 21.7. The van der Waals surface area contributed by atoms with E-state index in [-0.39, 0.29) is 29.8 Å². The van der Waals surface area contributed by atoms with Crippen molar-refractivity contribution in [3.63, 3.8) is 0 Å². The molecule has 7 nitrogen and oxygen atoms in total. The number of nitrogens with one attached hydrogen (secondary N) is 2. The van der Waals surface area contributed by atoms with E-state index in [9.17, 15) is 9.59 Å². The summed E-state index contributed by atoms with van der Waals surface area (Å²) in [7, 11) is 0. The molecule has 0 heterocycles. The van der Waals surface area contributed by atoms with Gasteiger partial charge in [-0.05, 0) is 51.7 Å². The van der Waals surface area contributed by atoms with Crippen molar-refractivity contribution < 1.29 is 23.8 Å². The molecule has 1 unspecified atom stereocenters. The Labute approximate surface area is 181 Å². The van der Waals surface area contributed by atoms with E-state index in [1.807, 2.05) is 27.0 Å². The molecule has 0 aromatic carbocycles. The summed E-state index contributed by atoms with van der Waals surface area (Å²) in [6.07, 6.45) is 7.96. The number of amides is 2. The average Bonchev–Trinajstić information content (AvgIpc) is 2.71. The first-order valence-electron chi connectivity index (χ1n) is 10.8. The Morgan fingerprint density at radius 3 is 1.86 bits per heavy atom. The number of unbranched alkanes of at least 4 members (excludes halogenated alkanes) is 4. The van der Waals surface area contributed by atoms with E-state index in [0.717, 1.165) is 58.3 Å². The first kappa shape index (κ1) is 28.2. The van der Waals surface area contributed by atoms with Crippen molar-refractivity contribution in [3.05, 3.63) is 0 Å². The largest absolute Gasteiger partial charge is 0.379 e. The number of hydrogen-bond donors (Lipinski definition) is 2. The Balaban J connectivity index is 3.19. The third-order valence-corrected chi connectivity index (χ3v) is 5.03. The Kier molecular flexibility index (Phi) is 19.9. The van der Waals surface area contributed by atoms with Crippen molar-refractivity contribution in [3.8, 4) is 0 Å². The fraction of sp³-hybridized carbons (Fsp3) is 0.905. The highest BCUT2D eigenvalue weighted by Gasteiger charge is 2.05. The number of carbonyl (C=O) groups is 2. The third-order valence-electron chi connectivity index (χ3n) is 4.23. The van der Waals surface area contributed by atoms with Crippen LogP contribution in [0.2, 0.25) is 0 Å². The van der Waals surface area contributed by atoms with Crippen LogP contribution in [0.5, 0.6) is 0 Å². The van der Waals surface area contributed by atoms with Crippen molar-refractivity contribution in [1.82, 2.24) is 10.6 Å². The molecule has 29 heavy (non-hydrogen) atoms. The lowest BCUT2D eigenvalue weighted by Crippen LogP contribution is -2.29. The molecule has 0 rings (SSSR count). The van der Waals surface area contributed by atoms with Gasteiger partial charge in [0.1, 0.15) is 12.0 Å². The minimum atomic E-state index is -0.0559. The van der Waals surface area contributed by atoms with E-state index in [4.69, 9.17) is 14.2 Å². The van der Waals surface area contributed by atoms with Crippen molar-refractivity contribution in [2.45, 2.75) is 64.7 Å². The normalized spacial score (nSPS) is 12.2. The molecule has 0 saturated carbocycles. The van der Waals surface area contributed by atoms with Crippen LogP contribution in [0.1, 0.15) is 59.3 Å². The SMILES string of the molecule is CSC(C)OCC(=O)NCCCCCOCCOCCCCCNC(=O)C(C)C. The fourth-order valence-corrected chi connectivity index (χ4v) is 2.49. The van der Waals surface area contributed by atoms with Crippen molar-refractivity contribution in [1.29, 1.82) is 0 Å². The lowest BCUT2D eigenvalue weighted by molar-refractivity contribution is -0.126. The zero-order valence-electron chi connectivity index (χ0n) is 18.8. The van der Waals surface area contributed by atoms with Crippen LogP contribution < -0.4 is 10.6 Å². The molecule has 0 fully saturated rings. The molecule has 0 radical (unpaired) electrons. The second kappa shape index (κ2) is 20.4. The minimum absolute atomic E-state index is 0.0469. The predicted molar refractivity (Wildman–Crippen MR) is 119 cm³/mol. The summed E-state index contributed by atoms with van der Waals surface area (Å²) in [4.78, 5) is 22.9. The maximum Gasteiger partial charge on any atom is 0.246 e. The minimum Gasteiger partial charge on any atom is -0.379 e. The van der Waals surface area contributed by atoms with Crippen LogP contribution in [0.15, 0.2) is 0 Å². The summed E-state index contributed by atoms with van der Waals surface area (Å²) in [6.45, 7) is 9.98. The van der Waals surface area contributed by atoms with E-state index in [2.05, 4.69) is 10.6 Å². The van der Waals surface area contributed by atoms with Gasteiger partial charge in [-0.25, -0.2) is 0 Å². The lowest BCUT2D eigenvalue weighted by Gasteiger charge is -2.10. The van der Waals surface area contributed by atoms with Gasteiger partial charge < -0.3 is 24.8 Å². The van der Waals surface area contributed by atoms with Gasteiger partial charge in [-0.1, -0.05) is 13.8 Å². The van der Waals surface area contributed by atoms with Gasteiger partial charge in [0, 0.05) is 32.2 Å². The van der Waals surface area contributed by atoms with E-state index in [1.165, 1.54) is 0 Å². The van der Waals surface area contributed by atoms with Gasteiger partial charge in [-0.2, -0.15) is 0 Å². The van der Waals surface area contributed by atoms with Gasteiger partial charge in [-0.15, -0.1) is 11.8 Å². The molecule has 0 aliphatic rings. The second-order valence-electron chi connectivity index (χ2n) is 7.26. The van der Waals surface area contributed by atoms with Crippen LogP contribution in [0.25, 0.3) is 0 Å². The summed E-state index contributed by atoms with van der Waals surface area (Å²) >= 11 is 1.58. The van der Waals surface area contributed by atoms with E-state index in [0.29, 0.717) is 19.8 Å². The fourth-order valence-electron chi connectivity index (χ4n) is 2.29. The summed E-state index contributed by atoms with van der Waals surface area (Å²) in [5.41, 5.74) is 0.0469. The standard InChI is InChI=1S/C21H42N2O5S/c1-18(2)21(25)23-12-8-6-10-14-27-16-15-26-13-9-5-7-11-22-20(24)17-28-19(3)29-4/h18-19H,5-17H2,1-4H3,(H,22,24)(H,23,25). The topological polar surface area (TPSA) is 85.9 Å². The number of ether oxygens (including phenoxy) is 3. The van der Waals surface area contributed by atoms with Crippen molar-refractivity contribution in [2.75, 3.05) is 52.4 Å². The summed E-state index contributed by atoms with van der Waals surface area (Å²) in [5, 5.41) is 5.78. The van der Waals surface area contributed by atoms with Gasteiger partial charge in [0.25, 0.3) is 0 Å². The zero-order valence-corrected chi connectivity index (χ0v) is 19.6. The first-order valence-corrected chi connectivity index (χ1v) is 12.1. The highest BCUT2D eigenvalue weighted by atomic mass is 32.2. The summed E-state index contributed by atoms with van der Waals surface area (Å²) < 4.78 is 16.4. The molecule has 0 aliphatic heterocycles. The second-order valence-corrected chi connectivity index (χ2v) is 8.39. The molecule has 2 amide bonds. The molecule has 1 atom stereocenters. The molecule has 2 N–H and O–H groups in total. The molecule has 0 bridgehead atoms. The Morgan fingerprint density at radius 2 is 1.34 bits per heavy atom. The molecule has 8 heteroatoms. The molecule has 172 valence electrons. The van der Waals surface area contributed by atoms with Crippen LogP contribution in [-0.4, -0.2) is 69.6 Å². The summed E-state index contributed by atoms with van der Waals surface area (Å²) in [6, 6.07) is 0. The lowest BCUT2D eigenvalue weighted by atomic mass is 10.2. The number of carbonyl (C=O) groups excluding carboxylic acids is 2. The van der Waals surface area contributed by atoms with E-state index in [1.54, 1.807) is 11.8 Å². The maximum atomic E-state index is 11.5. The van der Waals surface area contributed by atoms with Gasteiger partial charge in [-0.3, -0.25) is 9.59 Å². The van der Waals surface area contributed by atoms with Crippen molar-refractivity contribution >= 4 is 23.6 Å². The highest BCUT2D eigenvalue weighted by Crippen LogP contribution is 2.05. The van der Waals surface area contributed by atoms with Crippen LogP contribution in [0, 0.1) is 5.92 Å². The molecule has 0 aliphatic carbocycles. The highest BCUT2D eigenvalue weighted by molar-refractivity contribution is 7.99. The maximum absolute atomic E-state index is 11.5. The number of hydrogen-bond acceptors (Lipinski definition) is 6. The molecular formula is C21H42N2O5S. The van der Waals surface area contributed by atoms with Crippen LogP contribution in [-0.2, 0) is 23.8 Å². The number of rotatable bonds is 20. The molecule has 0 saturated heterocycles. The van der Waals surface area contributed by atoms with Crippen LogP contribution in [0.3, 0.4) is 0 Å². The Morgan fingerprint density at radius 1 is 0.793 bits per heavy atom. The molecule has 0 aromatic rings. The monoisotopic (exact) mass is 434 g/mol. The van der Waals surface area contributed by atoms with Crippen LogP contribution >= 0.6 is 11.8 Å². The van der Waals surface area contributed by atoms with E-state index >= 15 is 0 Å². The van der Waals surface area contributed by atoms with Gasteiger partial charge in [0.05, 0.1) is 13.2 Å². The molecule has 0 spiro atoms. The van der Waals surface area contributed by atoms with Gasteiger partial charge in [0.15, 0.2) is 0 Å². The number of thioether (sulfide) groups is 1.